The van der Waals surface area contributed by atoms with Crippen LogP contribution < -0.4 is 0 Å². The Morgan fingerprint density at radius 2 is 1.21 bits per heavy atom. The molecule has 0 spiro atoms. The summed E-state index contributed by atoms with van der Waals surface area (Å²) in [6.07, 6.45) is 1.35. The minimum Gasteiger partial charge on any atom is -0.508 e. The molecule has 0 heterocycles. The highest BCUT2D eigenvalue weighted by Crippen LogP contribution is 2.25. The number of hydrogen-bond acceptors (Lipinski definition) is 3. The normalized spacial score (nSPS) is 10.7. The Bertz CT molecular complexity index is 851. The Labute approximate surface area is 141 Å². The first-order valence-electron chi connectivity index (χ1n) is 7.88. The topological polar surface area (TPSA) is 60.7 Å². The van der Waals surface area contributed by atoms with Gasteiger partial charge in [0.15, 0.2) is 0 Å². The summed E-state index contributed by atoms with van der Waals surface area (Å²) in [6, 6.07) is 18.3. The third-order valence-corrected chi connectivity index (χ3v) is 4.14. The number of phenols is 3. The van der Waals surface area contributed by atoms with E-state index < -0.39 is 0 Å². The molecule has 0 aromatic heterocycles. The Morgan fingerprint density at radius 1 is 0.625 bits per heavy atom. The molecule has 3 heteroatoms. The van der Waals surface area contributed by atoms with Crippen molar-refractivity contribution in [1.82, 2.24) is 0 Å². The molecule has 3 aromatic rings. The Balaban J connectivity index is 1.83. The molecule has 0 saturated carbocycles. The molecule has 0 aliphatic carbocycles. The van der Waals surface area contributed by atoms with Gasteiger partial charge in [-0.15, -0.1) is 0 Å². The van der Waals surface area contributed by atoms with E-state index in [1.165, 1.54) is 0 Å². The van der Waals surface area contributed by atoms with Crippen LogP contribution in [-0.2, 0) is 12.8 Å². The molecule has 0 saturated heterocycles. The number of phenolic OH excluding ortho intramolecular Hbond substituents is 3. The average Bonchev–Trinajstić information content (AvgIpc) is 2.56. The van der Waals surface area contributed by atoms with Crippen molar-refractivity contribution < 1.29 is 15.3 Å². The molecular weight excluding hydrogens is 300 g/mol. The number of benzene rings is 3. The van der Waals surface area contributed by atoms with Crippen LogP contribution in [0, 0.1) is 6.92 Å². The lowest BCUT2D eigenvalue weighted by Gasteiger charge is -2.10. The maximum atomic E-state index is 10.1. The summed E-state index contributed by atoms with van der Waals surface area (Å²) in [6.45, 7) is 1.86. The van der Waals surface area contributed by atoms with Crippen LogP contribution in [0.3, 0.4) is 0 Å². The summed E-state index contributed by atoms with van der Waals surface area (Å²) in [5, 5.41) is 29.1. The van der Waals surface area contributed by atoms with E-state index in [-0.39, 0.29) is 17.2 Å². The van der Waals surface area contributed by atoms with Crippen molar-refractivity contribution in [2.24, 2.45) is 0 Å². The molecule has 24 heavy (non-hydrogen) atoms. The predicted molar refractivity (Wildman–Crippen MR) is 94.7 cm³/mol. The number of aryl methyl sites for hydroxylation is 1. The molecule has 3 N–H and O–H groups in total. The van der Waals surface area contributed by atoms with Gasteiger partial charge in [-0.05, 0) is 65.4 Å². The van der Waals surface area contributed by atoms with Gasteiger partial charge < -0.3 is 15.3 Å². The van der Waals surface area contributed by atoms with E-state index in [0.29, 0.717) is 6.42 Å². The molecule has 3 nitrogen and oxygen atoms in total. The van der Waals surface area contributed by atoms with Crippen LogP contribution in [0.15, 0.2) is 60.7 Å². The first kappa shape index (κ1) is 15.9. The van der Waals surface area contributed by atoms with Gasteiger partial charge in [0.2, 0.25) is 0 Å². The highest BCUT2D eigenvalue weighted by atomic mass is 16.3. The second kappa shape index (κ2) is 6.67. The minimum atomic E-state index is 0.257. The third-order valence-electron chi connectivity index (χ3n) is 4.14. The molecule has 3 rings (SSSR count). The average molecular weight is 320 g/mol. The first-order valence-corrected chi connectivity index (χ1v) is 7.88. The van der Waals surface area contributed by atoms with E-state index >= 15 is 0 Å². The van der Waals surface area contributed by atoms with Gasteiger partial charge in [0.1, 0.15) is 17.2 Å². The van der Waals surface area contributed by atoms with Gasteiger partial charge >= 0.3 is 0 Å². The van der Waals surface area contributed by atoms with Crippen molar-refractivity contribution in [3.05, 3.63) is 88.5 Å². The molecule has 0 unspecified atom stereocenters. The van der Waals surface area contributed by atoms with Crippen molar-refractivity contribution in [2.75, 3.05) is 0 Å². The molecule has 122 valence electrons. The molecule has 0 radical (unpaired) electrons. The maximum Gasteiger partial charge on any atom is 0.119 e. The summed E-state index contributed by atoms with van der Waals surface area (Å²) < 4.78 is 0. The Hall–Kier alpha value is -2.94. The zero-order valence-corrected chi connectivity index (χ0v) is 13.5. The van der Waals surface area contributed by atoms with E-state index in [1.54, 1.807) is 24.3 Å². The monoisotopic (exact) mass is 320 g/mol. The van der Waals surface area contributed by atoms with E-state index in [9.17, 15) is 15.3 Å². The second-order valence-corrected chi connectivity index (χ2v) is 6.10. The number of hydrogen-bond donors (Lipinski definition) is 3. The van der Waals surface area contributed by atoms with Crippen molar-refractivity contribution in [3.8, 4) is 17.2 Å². The molecule has 0 atom stereocenters. The highest BCUT2D eigenvalue weighted by molar-refractivity contribution is 5.43. The van der Waals surface area contributed by atoms with Crippen molar-refractivity contribution in [3.63, 3.8) is 0 Å². The van der Waals surface area contributed by atoms with Gasteiger partial charge in [-0.25, -0.2) is 0 Å². The summed E-state index contributed by atoms with van der Waals surface area (Å²) in [5.74, 6) is 0.812. The molecule has 0 fully saturated rings. The lowest BCUT2D eigenvalue weighted by molar-refractivity contribution is 0.468. The molecule has 0 bridgehead atoms. The fourth-order valence-corrected chi connectivity index (χ4v) is 2.79. The smallest absolute Gasteiger partial charge is 0.119 e. The highest BCUT2D eigenvalue weighted by Gasteiger charge is 2.07. The Morgan fingerprint density at radius 3 is 1.88 bits per heavy atom. The van der Waals surface area contributed by atoms with Gasteiger partial charge in [-0.1, -0.05) is 36.4 Å². The van der Waals surface area contributed by atoms with Gasteiger partial charge in [0.05, 0.1) is 0 Å². The van der Waals surface area contributed by atoms with Gasteiger partial charge in [0.25, 0.3) is 0 Å². The number of rotatable bonds is 4. The fourth-order valence-electron chi connectivity index (χ4n) is 2.79. The van der Waals surface area contributed by atoms with Crippen molar-refractivity contribution in [2.45, 2.75) is 19.8 Å². The van der Waals surface area contributed by atoms with Gasteiger partial charge in [-0.2, -0.15) is 0 Å². The summed E-state index contributed by atoms with van der Waals surface area (Å²) in [4.78, 5) is 0. The van der Waals surface area contributed by atoms with Crippen molar-refractivity contribution in [1.29, 1.82) is 0 Å². The van der Waals surface area contributed by atoms with E-state index in [1.807, 2.05) is 43.3 Å². The zero-order chi connectivity index (χ0) is 17.1. The van der Waals surface area contributed by atoms with E-state index in [0.717, 1.165) is 34.2 Å². The zero-order valence-electron chi connectivity index (χ0n) is 13.5. The standard InChI is InChI=1S/C21H20O3/c1-14-10-16(4-8-20(14)23)12-18-13-17(5-9-21(18)24)11-15-2-6-19(22)7-3-15/h2-10,13,22-24H,11-12H2,1H3. The number of aromatic hydroxyl groups is 3. The SMILES string of the molecule is Cc1cc(Cc2cc(Cc3ccc(O)cc3)ccc2O)ccc1O. The van der Waals surface area contributed by atoms with Crippen LogP contribution in [0.2, 0.25) is 0 Å². The van der Waals surface area contributed by atoms with Crippen LogP contribution in [-0.4, -0.2) is 15.3 Å². The van der Waals surface area contributed by atoms with E-state index in [2.05, 4.69) is 0 Å². The lowest BCUT2D eigenvalue weighted by atomic mass is 9.97. The van der Waals surface area contributed by atoms with Crippen LogP contribution in [0.1, 0.15) is 27.8 Å². The quantitative estimate of drug-likeness (QED) is 0.672. The summed E-state index contributed by atoms with van der Waals surface area (Å²) in [7, 11) is 0. The molecule has 3 aromatic carbocycles. The first-order chi connectivity index (χ1) is 11.5. The summed E-state index contributed by atoms with van der Waals surface area (Å²) in [5.41, 5.74) is 4.93. The minimum absolute atomic E-state index is 0.257. The Kier molecular flexibility index (Phi) is 4.43. The maximum absolute atomic E-state index is 10.1. The van der Waals surface area contributed by atoms with Crippen LogP contribution >= 0.6 is 0 Å². The molecule has 0 aliphatic rings. The van der Waals surface area contributed by atoms with Gasteiger partial charge in [-0.3, -0.25) is 0 Å². The largest absolute Gasteiger partial charge is 0.508 e. The van der Waals surface area contributed by atoms with E-state index in [4.69, 9.17) is 0 Å². The van der Waals surface area contributed by atoms with Crippen LogP contribution in [0.25, 0.3) is 0 Å². The lowest BCUT2D eigenvalue weighted by Crippen LogP contribution is -1.94. The summed E-state index contributed by atoms with van der Waals surface area (Å²) >= 11 is 0. The van der Waals surface area contributed by atoms with Crippen molar-refractivity contribution >= 4 is 0 Å². The fraction of sp³-hybridized carbons (Fsp3) is 0.143. The van der Waals surface area contributed by atoms with Gasteiger partial charge in [0, 0.05) is 6.42 Å². The molecule has 0 amide bonds. The van der Waals surface area contributed by atoms with Crippen LogP contribution in [0.4, 0.5) is 0 Å². The predicted octanol–water partition coefficient (Wildman–Crippen LogP) is 4.29. The molecular formula is C21H20O3. The van der Waals surface area contributed by atoms with Crippen LogP contribution in [0.5, 0.6) is 17.2 Å². The second-order valence-electron chi connectivity index (χ2n) is 6.10. The molecule has 0 aliphatic heterocycles. The third kappa shape index (κ3) is 3.69.